The van der Waals surface area contributed by atoms with Crippen LogP contribution >= 0.6 is 11.6 Å². The third-order valence-corrected chi connectivity index (χ3v) is 3.78. The molecule has 0 fully saturated rings. The van der Waals surface area contributed by atoms with E-state index in [1.807, 2.05) is 37.3 Å². The third-order valence-electron chi connectivity index (χ3n) is 3.63. The molecule has 6 nitrogen and oxygen atoms in total. The van der Waals surface area contributed by atoms with Gasteiger partial charge in [0.05, 0.1) is 45.0 Å². The lowest BCUT2D eigenvalue weighted by Gasteiger charge is -2.16. The summed E-state index contributed by atoms with van der Waals surface area (Å²) < 4.78 is 17.6. The summed E-state index contributed by atoms with van der Waals surface area (Å²) in [4.78, 5) is 16.3. The van der Waals surface area contributed by atoms with Crippen LogP contribution in [0.25, 0.3) is 0 Å². The second-order valence-corrected chi connectivity index (χ2v) is 5.70. The van der Waals surface area contributed by atoms with Crippen molar-refractivity contribution in [2.45, 2.75) is 13.0 Å². The molecule has 0 amide bonds. The number of carbonyl (C=O) groups is 1. The lowest BCUT2D eigenvalue weighted by molar-refractivity contribution is 0.0159. The molecule has 1 aromatic heterocycles. The highest BCUT2D eigenvalue weighted by molar-refractivity contribution is 6.17. The van der Waals surface area contributed by atoms with Crippen LogP contribution in [0.1, 0.15) is 29.0 Å². The number of hydrogen-bond donors (Lipinski definition) is 0. The first-order chi connectivity index (χ1) is 12.2. The van der Waals surface area contributed by atoms with E-state index in [4.69, 9.17) is 25.8 Å². The lowest BCUT2D eigenvalue weighted by atomic mass is 10.1. The van der Waals surface area contributed by atoms with Gasteiger partial charge in [0.25, 0.3) is 0 Å². The smallest absolute Gasteiger partial charge is 0.356 e. The van der Waals surface area contributed by atoms with E-state index < -0.39 is 5.97 Å². The molecule has 0 aliphatic heterocycles. The number of imidazole rings is 1. The molecule has 0 spiro atoms. The highest BCUT2D eigenvalue weighted by Crippen LogP contribution is 2.19. The van der Waals surface area contributed by atoms with Crippen LogP contribution in [0, 0.1) is 0 Å². The molecule has 25 heavy (non-hydrogen) atoms. The molecular weight excluding hydrogens is 344 g/mol. The van der Waals surface area contributed by atoms with Gasteiger partial charge in [-0.3, -0.25) is 0 Å². The average Bonchev–Trinajstić information content (AvgIpc) is 3.13. The normalized spacial score (nSPS) is 12.1. The quantitative estimate of drug-likeness (QED) is 0.347. The number of benzene rings is 1. The van der Waals surface area contributed by atoms with Crippen molar-refractivity contribution in [3.8, 4) is 0 Å². The SMILES string of the molecule is C[C@H](c1ccccc1)n1cncc1C(=O)OCCOCCOCCCl. The number of alkyl halides is 1. The first-order valence-corrected chi connectivity index (χ1v) is 8.73. The Kier molecular flexibility index (Phi) is 8.45. The minimum absolute atomic E-state index is 0.0124. The summed E-state index contributed by atoms with van der Waals surface area (Å²) in [5.74, 6) is 0.0504. The molecule has 0 N–H and O–H groups in total. The molecule has 1 atom stereocenters. The van der Waals surface area contributed by atoms with E-state index in [1.165, 1.54) is 6.20 Å². The predicted molar refractivity (Wildman–Crippen MR) is 95.1 cm³/mol. The van der Waals surface area contributed by atoms with Gasteiger partial charge in [0.2, 0.25) is 0 Å². The van der Waals surface area contributed by atoms with Crippen LogP contribution in [0.4, 0.5) is 0 Å². The maximum Gasteiger partial charge on any atom is 0.356 e. The summed E-state index contributed by atoms with van der Waals surface area (Å²) in [5, 5.41) is 0. The van der Waals surface area contributed by atoms with Gasteiger partial charge in [0.15, 0.2) is 0 Å². The molecule has 1 heterocycles. The van der Waals surface area contributed by atoms with Crippen molar-refractivity contribution >= 4 is 17.6 Å². The van der Waals surface area contributed by atoms with E-state index in [1.54, 1.807) is 10.9 Å². The largest absolute Gasteiger partial charge is 0.459 e. The highest BCUT2D eigenvalue weighted by atomic mass is 35.5. The Morgan fingerprint density at radius 3 is 2.52 bits per heavy atom. The molecule has 7 heteroatoms. The van der Waals surface area contributed by atoms with Crippen molar-refractivity contribution in [1.29, 1.82) is 0 Å². The van der Waals surface area contributed by atoms with E-state index in [-0.39, 0.29) is 12.6 Å². The average molecular weight is 367 g/mol. The number of hydrogen-bond acceptors (Lipinski definition) is 5. The van der Waals surface area contributed by atoms with E-state index in [2.05, 4.69) is 4.98 Å². The number of rotatable bonds is 11. The second kappa shape index (κ2) is 10.9. The van der Waals surface area contributed by atoms with Gasteiger partial charge in [-0.15, -0.1) is 11.6 Å². The molecule has 0 saturated carbocycles. The topological polar surface area (TPSA) is 62.6 Å². The fourth-order valence-electron chi connectivity index (χ4n) is 2.31. The first-order valence-electron chi connectivity index (χ1n) is 8.19. The van der Waals surface area contributed by atoms with Crippen LogP contribution in [-0.2, 0) is 14.2 Å². The van der Waals surface area contributed by atoms with E-state index in [0.717, 1.165) is 5.56 Å². The van der Waals surface area contributed by atoms with Gasteiger partial charge < -0.3 is 18.8 Å². The van der Waals surface area contributed by atoms with Gasteiger partial charge in [-0.1, -0.05) is 30.3 Å². The Labute approximate surface area is 152 Å². The Balaban J connectivity index is 1.78. The third kappa shape index (κ3) is 6.16. The maximum absolute atomic E-state index is 12.3. The van der Waals surface area contributed by atoms with Gasteiger partial charge in [-0.05, 0) is 12.5 Å². The predicted octanol–water partition coefficient (Wildman–Crippen LogP) is 2.92. The van der Waals surface area contributed by atoms with Crippen molar-refractivity contribution in [2.75, 3.05) is 38.9 Å². The number of halogens is 1. The van der Waals surface area contributed by atoms with Gasteiger partial charge >= 0.3 is 5.97 Å². The minimum atomic E-state index is -0.415. The van der Waals surface area contributed by atoms with E-state index >= 15 is 0 Å². The molecular formula is C18H23ClN2O4. The molecule has 0 unspecified atom stereocenters. The van der Waals surface area contributed by atoms with Crippen molar-refractivity contribution in [3.63, 3.8) is 0 Å². The molecule has 136 valence electrons. The molecule has 0 aliphatic carbocycles. The zero-order chi connectivity index (χ0) is 17.9. The van der Waals surface area contributed by atoms with Gasteiger partial charge in [-0.2, -0.15) is 0 Å². The molecule has 1 aromatic carbocycles. The van der Waals surface area contributed by atoms with Crippen molar-refractivity contribution in [3.05, 3.63) is 54.1 Å². The summed E-state index contributed by atoms with van der Waals surface area (Å²) in [6.45, 7) is 3.93. The fourth-order valence-corrected chi connectivity index (χ4v) is 2.42. The summed E-state index contributed by atoms with van der Waals surface area (Å²) in [6.07, 6.45) is 3.15. The minimum Gasteiger partial charge on any atom is -0.459 e. The number of aromatic nitrogens is 2. The Hall–Kier alpha value is -1.89. The standard InChI is InChI=1S/C18H23ClN2O4/c1-15(16-5-3-2-4-6-16)21-14-20-13-17(21)18(22)25-12-11-24-10-9-23-8-7-19/h2-6,13-15H,7-12H2,1H3/t15-/m1/s1. The number of ether oxygens (including phenoxy) is 3. The number of nitrogens with zero attached hydrogens (tertiary/aromatic N) is 2. The zero-order valence-electron chi connectivity index (χ0n) is 14.3. The summed E-state index contributed by atoms with van der Waals surface area (Å²) >= 11 is 5.49. The zero-order valence-corrected chi connectivity index (χ0v) is 15.0. The van der Waals surface area contributed by atoms with Crippen LogP contribution < -0.4 is 0 Å². The van der Waals surface area contributed by atoms with Crippen LogP contribution in [0.3, 0.4) is 0 Å². The molecule has 0 radical (unpaired) electrons. The first kappa shape index (κ1) is 19.4. The van der Waals surface area contributed by atoms with Crippen LogP contribution in [-0.4, -0.2) is 54.4 Å². The number of carbonyl (C=O) groups excluding carboxylic acids is 1. The highest BCUT2D eigenvalue weighted by Gasteiger charge is 2.18. The maximum atomic E-state index is 12.3. The Morgan fingerprint density at radius 2 is 1.80 bits per heavy atom. The summed E-state index contributed by atoms with van der Waals surface area (Å²) in [7, 11) is 0. The van der Waals surface area contributed by atoms with E-state index in [9.17, 15) is 4.79 Å². The van der Waals surface area contributed by atoms with Crippen molar-refractivity contribution < 1.29 is 19.0 Å². The molecule has 0 saturated heterocycles. The summed E-state index contributed by atoms with van der Waals surface area (Å²) in [5.41, 5.74) is 1.51. The van der Waals surface area contributed by atoms with Crippen LogP contribution in [0.5, 0.6) is 0 Å². The van der Waals surface area contributed by atoms with Gasteiger partial charge in [0, 0.05) is 5.88 Å². The Bertz CT molecular complexity index is 633. The van der Waals surface area contributed by atoms with E-state index in [0.29, 0.717) is 38.0 Å². The fraction of sp³-hybridized carbons (Fsp3) is 0.444. The van der Waals surface area contributed by atoms with Crippen LogP contribution in [0.15, 0.2) is 42.9 Å². The summed E-state index contributed by atoms with van der Waals surface area (Å²) in [6, 6.07) is 9.91. The van der Waals surface area contributed by atoms with Crippen LogP contribution in [0.2, 0.25) is 0 Å². The van der Waals surface area contributed by atoms with Crippen molar-refractivity contribution in [1.82, 2.24) is 9.55 Å². The van der Waals surface area contributed by atoms with Gasteiger partial charge in [-0.25, -0.2) is 9.78 Å². The lowest BCUT2D eigenvalue weighted by Crippen LogP contribution is -2.18. The second-order valence-electron chi connectivity index (χ2n) is 5.32. The Morgan fingerprint density at radius 1 is 1.12 bits per heavy atom. The number of esters is 1. The monoisotopic (exact) mass is 366 g/mol. The molecule has 0 bridgehead atoms. The molecule has 2 rings (SSSR count). The molecule has 0 aliphatic rings. The molecule has 2 aromatic rings. The van der Waals surface area contributed by atoms with Gasteiger partial charge in [0.1, 0.15) is 12.3 Å². The van der Waals surface area contributed by atoms with Crippen molar-refractivity contribution in [2.24, 2.45) is 0 Å².